The van der Waals surface area contributed by atoms with Crippen LogP contribution < -0.4 is 21.7 Å². The molecule has 23 heavy (non-hydrogen) atoms. The summed E-state index contributed by atoms with van der Waals surface area (Å²) >= 11 is 0. The van der Waals surface area contributed by atoms with Gasteiger partial charge in [-0.25, -0.2) is 17.5 Å². The minimum absolute atomic E-state index is 0.0852. The molecule has 0 aromatic heterocycles. The van der Waals surface area contributed by atoms with E-state index < -0.39 is 22.0 Å². The van der Waals surface area contributed by atoms with E-state index in [1.165, 1.54) is 26.2 Å². The third-order valence-electron chi connectivity index (χ3n) is 2.84. The van der Waals surface area contributed by atoms with Crippen LogP contribution in [0.15, 0.2) is 23.1 Å². The van der Waals surface area contributed by atoms with Crippen LogP contribution in [0.25, 0.3) is 0 Å². The number of benzene rings is 1. The lowest BCUT2D eigenvalue weighted by atomic mass is 10.2. The van der Waals surface area contributed by atoms with E-state index in [2.05, 4.69) is 10.6 Å². The van der Waals surface area contributed by atoms with Crippen molar-refractivity contribution in [3.63, 3.8) is 0 Å². The topological polar surface area (TPSA) is 134 Å². The molecule has 0 aliphatic rings. The lowest BCUT2D eigenvalue weighted by Gasteiger charge is -2.16. The Balaban J connectivity index is 3.06. The van der Waals surface area contributed by atoms with Gasteiger partial charge in [-0.3, -0.25) is 10.1 Å². The first-order chi connectivity index (χ1) is 10.7. The highest BCUT2D eigenvalue weighted by Gasteiger charge is 2.19. The van der Waals surface area contributed by atoms with E-state index in [1.54, 1.807) is 6.07 Å². The molecule has 0 spiro atoms. The number of anilines is 2. The standard InChI is InChI=1S/C13H21N5O4S/c1-4-15-10-6-5-9(23(21,22)18(2)3)7-11(10)16-8-12(19)17-13(14)20/h5-7,15-16H,4,8H2,1-3H3,(H3,14,17,19,20). The number of nitrogens with two attached hydrogens (primary N) is 1. The molecular formula is C13H21N5O4S. The predicted octanol–water partition coefficient (Wildman–Crippen LogP) is -0.0245. The SMILES string of the molecule is CCNc1ccc(S(=O)(=O)N(C)C)cc1NCC(=O)NC(N)=O. The number of hydrogen-bond acceptors (Lipinski definition) is 6. The second kappa shape index (κ2) is 7.79. The van der Waals surface area contributed by atoms with Gasteiger partial charge in [-0.05, 0) is 25.1 Å². The zero-order valence-electron chi connectivity index (χ0n) is 13.2. The van der Waals surface area contributed by atoms with Gasteiger partial charge in [0.15, 0.2) is 0 Å². The van der Waals surface area contributed by atoms with E-state index in [9.17, 15) is 18.0 Å². The van der Waals surface area contributed by atoms with E-state index >= 15 is 0 Å². The molecule has 1 rings (SSSR count). The highest BCUT2D eigenvalue weighted by molar-refractivity contribution is 7.89. The Kier molecular flexibility index (Phi) is 6.34. The third-order valence-corrected chi connectivity index (χ3v) is 4.65. The van der Waals surface area contributed by atoms with Crippen molar-refractivity contribution in [1.29, 1.82) is 0 Å². The molecule has 128 valence electrons. The van der Waals surface area contributed by atoms with Gasteiger partial charge in [0, 0.05) is 20.6 Å². The van der Waals surface area contributed by atoms with E-state index in [1.807, 2.05) is 12.2 Å². The molecule has 0 unspecified atom stereocenters. The van der Waals surface area contributed by atoms with Gasteiger partial charge < -0.3 is 16.4 Å². The van der Waals surface area contributed by atoms with Crippen LogP contribution in [0.2, 0.25) is 0 Å². The normalized spacial score (nSPS) is 11.1. The number of amides is 3. The summed E-state index contributed by atoms with van der Waals surface area (Å²) in [5, 5.41) is 7.76. The number of nitrogens with one attached hydrogen (secondary N) is 3. The Labute approximate surface area is 135 Å². The van der Waals surface area contributed by atoms with Gasteiger partial charge in [-0.15, -0.1) is 0 Å². The molecule has 3 amide bonds. The van der Waals surface area contributed by atoms with Crippen LogP contribution in [0.3, 0.4) is 0 Å². The molecule has 1 aromatic carbocycles. The summed E-state index contributed by atoms with van der Waals surface area (Å²) in [7, 11) is -0.735. The van der Waals surface area contributed by atoms with Gasteiger partial charge >= 0.3 is 6.03 Å². The van der Waals surface area contributed by atoms with Crippen molar-refractivity contribution in [2.24, 2.45) is 5.73 Å². The molecule has 1 aromatic rings. The van der Waals surface area contributed by atoms with Crippen LogP contribution in [-0.2, 0) is 14.8 Å². The Hall–Kier alpha value is -2.33. The lowest BCUT2D eigenvalue weighted by molar-refractivity contribution is -0.118. The van der Waals surface area contributed by atoms with Gasteiger partial charge in [0.2, 0.25) is 15.9 Å². The van der Waals surface area contributed by atoms with E-state index in [4.69, 9.17) is 5.73 Å². The molecule has 5 N–H and O–H groups in total. The molecule has 0 aliphatic carbocycles. The molecule has 0 fully saturated rings. The van der Waals surface area contributed by atoms with Gasteiger partial charge in [0.1, 0.15) is 0 Å². The van der Waals surface area contributed by atoms with Crippen molar-refractivity contribution in [2.45, 2.75) is 11.8 Å². The fourth-order valence-electron chi connectivity index (χ4n) is 1.74. The Morgan fingerprint density at radius 1 is 1.17 bits per heavy atom. The predicted molar refractivity (Wildman–Crippen MR) is 87.7 cm³/mol. The smallest absolute Gasteiger partial charge is 0.318 e. The first-order valence-corrected chi connectivity index (χ1v) is 8.26. The number of primary amides is 1. The van der Waals surface area contributed by atoms with Gasteiger partial charge in [-0.1, -0.05) is 0 Å². The molecule has 0 radical (unpaired) electrons. The molecule has 0 aliphatic heterocycles. The summed E-state index contributed by atoms with van der Waals surface area (Å²) in [5.74, 6) is -0.624. The fraction of sp³-hybridized carbons (Fsp3) is 0.385. The van der Waals surface area contributed by atoms with Crippen molar-refractivity contribution >= 4 is 33.3 Å². The largest absolute Gasteiger partial charge is 0.384 e. The first kappa shape index (κ1) is 18.7. The van der Waals surface area contributed by atoms with E-state index in [0.717, 1.165) is 4.31 Å². The molecule has 0 saturated carbocycles. The van der Waals surface area contributed by atoms with E-state index in [-0.39, 0.29) is 11.4 Å². The van der Waals surface area contributed by atoms with Crippen LogP contribution in [0.5, 0.6) is 0 Å². The number of nitrogens with zero attached hydrogens (tertiary/aromatic N) is 1. The van der Waals surface area contributed by atoms with Crippen molar-refractivity contribution < 1.29 is 18.0 Å². The number of rotatable bonds is 7. The van der Waals surface area contributed by atoms with Crippen LogP contribution >= 0.6 is 0 Å². The van der Waals surface area contributed by atoms with Gasteiger partial charge in [0.05, 0.1) is 22.8 Å². The summed E-state index contributed by atoms with van der Waals surface area (Å²) in [6, 6.07) is 3.55. The summed E-state index contributed by atoms with van der Waals surface area (Å²) in [5.41, 5.74) is 5.92. The van der Waals surface area contributed by atoms with Crippen molar-refractivity contribution in [2.75, 3.05) is 37.8 Å². The monoisotopic (exact) mass is 343 g/mol. The summed E-state index contributed by atoms with van der Waals surface area (Å²) < 4.78 is 25.4. The number of carbonyl (C=O) groups is 2. The van der Waals surface area contributed by atoms with Crippen LogP contribution in [0.1, 0.15) is 6.92 Å². The quantitative estimate of drug-likeness (QED) is 0.549. The lowest BCUT2D eigenvalue weighted by Crippen LogP contribution is -2.38. The van der Waals surface area contributed by atoms with Crippen LogP contribution in [-0.4, -0.2) is 51.8 Å². The molecule has 0 saturated heterocycles. The number of carbonyl (C=O) groups excluding carboxylic acids is 2. The molecule has 0 heterocycles. The van der Waals surface area contributed by atoms with Crippen molar-refractivity contribution in [1.82, 2.24) is 9.62 Å². The zero-order valence-corrected chi connectivity index (χ0v) is 14.0. The Morgan fingerprint density at radius 3 is 2.35 bits per heavy atom. The second-order valence-corrected chi connectivity index (χ2v) is 6.94. The Morgan fingerprint density at radius 2 is 1.83 bits per heavy atom. The second-order valence-electron chi connectivity index (χ2n) is 4.79. The first-order valence-electron chi connectivity index (χ1n) is 6.82. The van der Waals surface area contributed by atoms with Crippen LogP contribution in [0.4, 0.5) is 16.2 Å². The number of sulfonamides is 1. The maximum absolute atomic E-state index is 12.2. The maximum atomic E-state index is 12.2. The summed E-state index contributed by atoms with van der Waals surface area (Å²) in [6.45, 7) is 2.27. The molecule has 0 bridgehead atoms. The Bertz CT molecular complexity index is 688. The number of hydrogen-bond donors (Lipinski definition) is 4. The van der Waals surface area contributed by atoms with Crippen molar-refractivity contribution in [3.8, 4) is 0 Å². The highest BCUT2D eigenvalue weighted by atomic mass is 32.2. The fourth-order valence-corrected chi connectivity index (χ4v) is 2.67. The van der Waals surface area contributed by atoms with Crippen molar-refractivity contribution in [3.05, 3.63) is 18.2 Å². The summed E-state index contributed by atoms with van der Waals surface area (Å²) in [4.78, 5) is 22.2. The minimum Gasteiger partial charge on any atom is -0.384 e. The number of urea groups is 1. The van der Waals surface area contributed by atoms with Crippen LogP contribution in [0, 0.1) is 0 Å². The molecule has 10 heteroatoms. The van der Waals surface area contributed by atoms with Gasteiger partial charge in [-0.2, -0.15) is 0 Å². The molecular weight excluding hydrogens is 322 g/mol. The average molecular weight is 343 g/mol. The minimum atomic E-state index is -3.60. The molecule has 0 atom stereocenters. The highest BCUT2D eigenvalue weighted by Crippen LogP contribution is 2.26. The third kappa shape index (κ3) is 5.11. The van der Waals surface area contributed by atoms with E-state index in [0.29, 0.717) is 17.9 Å². The average Bonchev–Trinajstić information content (AvgIpc) is 2.45. The summed E-state index contributed by atoms with van der Waals surface area (Å²) in [6.07, 6.45) is 0. The zero-order chi connectivity index (χ0) is 17.6. The maximum Gasteiger partial charge on any atom is 0.318 e. The number of imide groups is 1. The molecule has 9 nitrogen and oxygen atoms in total. The van der Waals surface area contributed by atoms with Gasteiger partial charge in [0.25, 0.3) is 0 Å².